The fourth-order valence-corrected chi connectivity index (χ4v) is 4.83. The van der Waals surface area contributed by atoms with E-state index in [1.54, 1.807) is 0 Å². The number of piperazine rings is 1. The zero-order valence-electron chi connectivity index (χ0n) is 15.5. The van der Waals surface area contributed by atoms with Crippen LogP contribution in [0.2, 0.25) is 0 Å². The molecule has 140 valence electrons. The Morgan fingerprint density at radius 3 is 2.70 bits per heavy atom. The van der Waals surface area contributed by atoms with Crippen LogP contribution in [0.5, 0.6) is 0 Å². The van der Waals surface area contributed by atoms with Gasteiger partial charge in [0.15, 0.2) is 11.6 Å². The number of nitrogens with zero attached hydrogens (tertiary/aromatic N) is 4. The molecule has 2 aromatic heterocycles. The molecule has 2 aliphatic rings. The average molecular weight is 428 g/mol. The van der Waals surface area contributed by atoms with Gasteiger partial charge in [-0.05, 0) is 48.0 Å². The summed E-state index contributed by atoms with van der Waals surface area (Å²) < 4.78 is 2.41. The summed E-state index contributed by atoms with van der Waals surface area (Å²) >= 11 is 3.55. The highest BCUT2D eigenvalue weighted by molar-refractivity contribution is 9.10. The van der Waals surface area contributed by atoms with E-state index < -0.39 is 0 Å². The summed E-state index contributed by atoms with van der Waals surface area (Å²) in [5.41, 5.74) is 3.35. The molecular formula is C20H22BrN5O. The first-order valence-corrected chi connectivity index (χ1v) is 10.2. The Morgan fingerprint density at radius 1 is 1.19 bits per heavy atom. The summed E-state index contributed by atoms with van der Waals surface area (Å²) in [6.45, 7) is 5.79. The second-order valence-corrected chi connectivity index (χ2v) is 8.41. The number of fused-ring (bicyclic) bond motifs is 5. The quantitative estimate of drug-likeness (QED) is 0.648. The van der Waals surface area contributed by atoms with E-state index in [4.69, 9.17) is 4.98 Å². The SMILES string of the molecule is CC1Cc2c([nH]c3ccccc23)-c2nc(N3CCN(C)CC3)c(Br)c(=O)n21. The summed E-state index contributed by atoms with van der Waals surface area (Å²) in [7, 11) is 2.12. The van der Waals surface area contributed by atoms with Crippen LogP contribution in [0.1, 0.15) is 18.5 Å². The highest BCUT2D eigenvalue weighted by atomic mass is 79.9. The fourth-order valence-electron chi connectivity index (χ4n) is 4.30. The van der Waals surface area contributed by atoms with E-state index in [1.807, 2.05) is 10.6 Å². The van der Waals surface area contributed by atoms with Crippen LogP contribution in [-0.4, -0.2) is 52.7 Å². The molecule has 1 saturated heterocycles. The van der Waals surface area contributed by atoms with E-state index in [0.29, 0.717) is 4.47 Å². The molecule has 5 rings (SSSR count). The lowest BCUT2D eigenvalue weighted by molar-refractivity contribution is 0.311. The van der Waals surface area contributed by atoms with Gasteiger partial charge in [0.2, 0.25) is 0 Å². The van der Waals surface area contributed by atoms with Crippen LogP contribution in [-0.2, 0) is 6.42 Å². The maximum atomic E-state index is 13.2. The second-order valence-electron chi connectivity index (χ2n) is 7.62. The molecule has 0 radical (unpaired) electrons. The van der Waals surface area contributed by atoms with Crippen molar-refractivity contribution in [1.82, 2.24) is 19.4 Å². The van der Waals surface area contributed by atoms with E-state index in [2.05, 4.69) is 62.9 Å². The van der Waals surface area contributed by atoms with Gasteiger partial charge in [-0.2, -0.15) is 0 Å². The lowest BCUT2D eigenvalue weighted by Gasteiger charge is -2.34. The molecule has 0 aliphatic carbocycles. The lowest BCUT2D eigenvalue weighted by Crippen LogP contribution is -2.46. The van der Waals surface area contributed by atoms with Gasteiger partial charge in [0.25, 0.3) is 5.56 Å². The van der Waals surface area contributed by atoms with Gasteiger partial charge in [0.05, 0.1) is 5.69 Å². The Bertz CT molecular complexity index is 1090. The maximum absolute atomic E-state index is 13.2. The van der Waals surface area contributed by atoms with Crippen molar-refractivity contribution >= 4 is 32.7 Å². The van der Waals surface area contributed by atoms with Crippen LogP contribution in [0, 0.1) is 0 Å². The van der Waals surface area contributed by atoms with Crippen molar-refractivity contribution in [3.05, 3.63) is 44.7 Å². The summed E-state index contributed by atoms with van der Waals surface area (Å²) in [4.78, 5) is 26.2. The number of likely N-dealkylation sites (N-methyl/N-ethyl adjacent to an activating group) is 1. The predicted octanol–water partition coefficient (Wildman–Crippen LogP) is 3.02. The summed E-state index contributed by atoms with van der Waals surface area (Å²) in [5, 5.41) is 1.23. The van der Waals surface area contributed by atoms with Gasteiger partial charge >= 0.3 is 0 Å². The first kappa shape index (κ1) is 17.0. The molecule has 7 heteroatoms. The van der Waals surface area contributed by atoms with Gasteiger partial charge in [0, 0.05) is 43.1 Å². The molecule has 1 N–H and O–H groups in total. The van der Waals surface area contributed by atoms with E-state index >= 15 is 0 Å². The van der Waals surface area contributed by atoms with Crippen molar-refractivity contribution in [2.24, 2.45) is 0 Å². The van der Waals surface area contributed by atoms with Gasteiger partial charge in [-0.3, -0.25) is 9.36 Å². The monoisotopic (exact) mass is 427 g/mol. The normalized spacial score (nSPS) is 20.0. The molecule has 0 bridgehead atoms. The average Bonchev–Trinajstić information content (AvgIpc) is 3.04. The van der Waals surface area contributed by atoms with Crippen molar-refractivity contribution in [3.8, 4) is 11.5 Å². The molecule has 2 aliphatic heterocycles. The van der Waals surface area contributed by atoms with Crippen molar-refractivity contribution in [3.63, 3.8) is 0 Å². The minimum atomic E-state index is 0.00531. The number of benzene rings is 1. The molecule has 3 aromatic rings. The summed E-state index contributed by atoms with van der Waals surface area (Å²) in [6.07, 6.45) is 0.828. The number of halogens is 1. The van der Waals surface area contributed by atoms with E-state index in [9.17, 15) is 4.79 Å². The molecule has 1 atom stereocenters. The zero-order valence-corrected chi connectivity index (χ0v) is 17.1. The van der Waals surface area contributed by atoms with Crippen LogP contribution >= 0.6 is 15.9 Å². The number of aromatic nitrogens is 3. The first-order valence-electron chi connectivity index (χ1n) is 9.40. The minimum Gasteiger partial charge on any atom is -0.353 e. The molecule has 1 fully saturated rings. The number of H-pyrrole nitrogens is 1. The summed E-state index contributed by atoms with van der Waals surface area (Å²) in [5.74, 6) is 1.51. The predicted molar refractivity (Wildman–Crippen MR) is 112 cm³/mol. The van der Waals surface area contributed by atoms with Crippen LogP contribution in [0.15, 0.2) is 33.5 Å². The third-order valence-electron chi connectivity index (χ3n) is 5.82. The zero-order chi connectivity index (χ0) is 18.7. The minimum absolute atomic E-state index is 0.00531. The molecule has 0 spiro atoms. The third-order valence-corrected chi connectivity index (χ3v) is 6.52. The Morgan fingerprint density at radius 2 is 1.93 bits per heavy atom. The Balaban J connectivity index is 1.73. The number of para-hydroxylation sites is 1. The largest absolute Gasteiger partial charge is 0.353 e. The van der Waals surface area contributed by atoms with Crippen LogP contribution in [0.3, 0.4) is 0 Å². The van der Waals surface area contributed by atoms with Crippen molar-refractivity contribution in [2.45, 2.75) is 19.4 Å². The number of hydrogen-bond acceptors (Lipinski definition) is 4. The number of rotatable bonds is 1. The molecule has 1 aromatic carbocycles. The smallest absolute Gasteiger partial charge is 0.270 e. The molecule has 0 saturated carbocycles. The van der Waals surface area contributed by atoms with E-state index in [0.717, 1.165) is 55.5 Å². The van der Waals surface area contributed by atoms with E-state index in [-0.39, 0.29) is 11.6 Å². The summed E-state index contributed by atoms with van der Waals surface area (Å²) in [6, 6.07) is 8.40. The van der Waals surface area contributed by atoms with Crippen molar-refractivity contribution < 1.29 is 0 Å². The Hall–Kier alpha value is -2.12. The van der Waals surface area contributed by atoms with Crippen LogP contribution < -0.4 is 10.5 Å². The third kappa shape index (κ3) is 2.56. The van der Waals surface area contributed by atoms with Crippen LogP contribution in [0.25, 0.3) is 22.4 Å². The molecule has 1 unspecified atom stereocenters. The standard InChI is InChI=1S/C20H22BrN5O/c1-12-11-14-13-5-3-4-6-15(13)22-17(14)19-23-18(16(21)20(27)26(12)19)25-9-7-24(2)8-10-25/h3-6,12,22H,7-11H2,1-2H3. The topological polar surface area (TPSA) is 57.2 Å². The number of hydrogen-bond donors (Lipinski definition) is 1. The van der Waals surface area contributed by atoms with Gasteiger partial charge in [-0.15, -0.1) is 0 Å². The maximum Gasteiger partial charge on any atom is 0.270 e. The van der Waals surface area contributed by atoms with Crippen LogP contribution in [0.4, 0.5) is 5.82 Å². The number of aromatic amines is 1. The van der Waals surface area contributed by atoms with Gasteiger partial charge in [-0.25, -0.2) is 4.98 Å². The number of anilines is 1. The molecule has 27 heavy (non-hydrogen) atoms. The molecule has 4 heterocycles. The van der Waals surface area contributed by atoms with Crippen molar-refractivity contribution in [1.29, 1.82) is 0 Å². The first-order chi connectivity index (χ1) is 13.0. The Kier molecular flexibility index (Phi) is 3.91. The fraction of sp³-hybridized carbons (Fsp3) is 0.400. The molecule has 6 nitrogen and oxygen atoms in total. The highest BCUT2D eigenvalue weighted by Gasteiger charge is 2.30. The van der Waals surface area contributed by atoms with Gasteiger partial charge in [-0.1, -0.05) is 18.2 Å². The lowest BCUT2D eigenvalue weighted by atomic mass is 9.99. The highest BCUT2D eigenvalue weighted by Crippen LogP contribution is 2.38. The van der Waals surface area contributed by atoms with Crippen molar-refractivity contribution in [2.75, 3.05) is 38.1 Å². The van der Waals surface area contributed by atoms with E-state index in [1.165, 1.54) is 10.9 Å². The number of nitrogens with one attached hydrogen (secondary N) is 1. The molecular weight excluding hydrogens is 406 g/mol. The van der Waals surface area contributed by atoms with Gasteiger partial charge in [0.1, 0.15) is 4.47 Å². The van der Waals surface area contributed by atoms with Gasteiger partial charge < -0.3 is 14.8 Å². The Labute approximate surface area is 165 Å². The second kappa shape index (κ2) is 6.21. The molecule has 0 amide bonds.